The van der Waals surface area contributed by atoms with Gasteiger partial charge in [-0.25, -0.2) is 0 Å². The third kappa shape index (κ3) is 3.95. The average molecular weight is 404 g/mol. The van der Waals surface area contributed by atoms with Crippen LogP contribution in [-0.4, -0.2) is 36.9 Å². The Balaban J connectivity index is 1.64. The summed E-state index contributed by atoms with van der Waals surface area (Å²) in [5.74, 6) is 0.467. The molecule has 0 aromatic carbocycles. The predicted molar refractivity (Wildman–Crippen MR) is 116 cm³/mol. The minimum Gasteiger partial charge on any atom is -0.393 e. The van der Waals surface area contributed by atoms with E-state index in [1.807, 2.05) is 38.2 Å². The largest absolute Gasteiger partial charge is 0.393 e. The molecule has 3 N–H and O–H groups in total. The maximum absolute atomic E-state index is 12.7. The summed E-state index contributed by atoms with van der Waals surface area (Å²) >= 11 is 0. The van der Waals surface area contributed by atoms with Gasteiger partial charge in [-0.15, -0.1) is 0 Å². The predicted octanol–water partition coefficient (Wildman–Crippen LogP) is 3.21. The van der Waals surface area contributed by atoms with Crippen LogP contribution in [0.15, 0.2) is 48.7 Å². The van der Waals surface area contributed by atoms with Gasteiger partial charge in [0.05, 0.1) is 29.3 Å². The molecule has 0 aliphatic carbocycles. The number of anilines is 2. The number of amides is 1. The summed E-state index contributed by atoms with van der Waals surface area (Å²) in [4.78, 5) is 21.4. The highest BCUT2D eigenvalue weighted by atomic mass is 16.3. The standard InChI is InChI=1S/C22H24N6O2/c1-13-4-7-23-11-17(13)18-10-16-19(12-24-18)26-22(30)21(16)15(3)25-20-6-9-28(27-20)8-5-14(2)29/h4,6-7,9-12,14,29H,5,8H2,1-3H3,(H,25,27)(H,26,30)/b21-15-/t14-/m0/s1. The molecule has 1 amide bonds. The third-order valence-electron chi connectivity index (χ3n) is 5.07. The zero-order valence-electron chi connectivity index (χ0n) is 17.2. The van der Waals surface area contributed by atoms with Gasteiger partial charge in [0.1, 0.15) is 0 Å². The van der Waals surface area contributed by atoms with Gasteiger partial charge in [0.25, 0.3) is 5.91 Å². The number of rotatable bonds is 6. The number of allylic oxidation sites excluding steroid dienone is 1. The molecule has 8 nitrogen and oxygen atoms in total. The SMILES string of the molecule is C/C(Nc1ccn(CC[C@H](C)O)n1)=C1/C(=O)Nc2cnc(-c3cnccc3C)cc21. The number of carbonyl (C=O) groups excluding carboxylic acids is 1. The fourth-order valence-electron chi connectivity index (χ4n) is 3.45. The average Bonchev–Trinajstić information content (AvgIpc) is 3.29. The summed E-state index contributed by atoms with van der Waals surface area (Å²) in [5.41, 5.74) is 5.51. The summed E-state index contributed by atoms with van der Waals surface area (Å²) < 4.78 is 1.77. The van der Waals surface area contributed by atoms with Crippen LogP contribution >= 0.6 is 0 Å². The molecule has 0 spiro atoms. The molecule has 0 saturated carbocycles. The second-order valence-electron chi connectivity index (χ2n) is 7.49. The number of fused-ring (bicyclic) bond motifs is 1. The minimum atomic E-state index is -0.376. The van der Waals surface area contributed by atoms with E-state index in [0.717, 1.165) is 22.4 Å². The van der Waals surface area contributed by atoms with E-state index in [0.29, 0.717) is 35.7 Å². The molecule has 154 valence electrons. The molecular formula is C22H24N6O2. The summed E-state index contributed by atoms with van der Waals surface area (Å²) in [7, 11) is 0. The number of nitrogens with zero attached hydrogens (tertiary/aromatic N) is 4. The zero-order chi connectivity index (χ0) is 21.3. The maximum Gasteiger partial charge on any atom is 0.258 e. The van der Waals surface area contributed by atoms with E-state index in [1.54, 1.807) is 30.2 Å². The first-order valence-corrected chi connectivity index (χ1v) is 9.84. The summed E-state index contributed by atoms with van der Waals surface area (Å²) in [6, 6.07) is 5.70. The van der Waals surface area contributed by atoms with E-state index in [-0.39, 0.29) is 12.0 Å². The van der Waals surface area contributed by atoms with Crippen LogP contribution in [0.2, 0.25) is 0 Å². The number of aryl methyl sites for hydroxylation is 2. The van der Waals surface area contributed by atoms with Crippen molar-refractivity contribution >= 4 is 23.0 Å². The smallest absolute Gasteiger partial charge is 0.258 e. The molecular weight excluding hydrogens is 380 g/mol. The number of aliphatic hydroxyl groups is 1. The van der Waals surface area contributed by atoms with Gasteiger partial charge in [0, 0.05) is 48.0 Å². The number of aliphatic hydroxyl groups excluding tert-OH is 1. The molecule has 3 aromatic rings. The second-order valence-corrected chi connectivity index (χ2v) is 7.49. The Labute approximate surface area is 174 Å². The molecule has 3 aromatic heterocycles. The molecule has 1 aliphatic rings. The Bertz CT molecular complexity index is 1130. The van der Waals surface area contributed by atoms with Crippen molar-refractivity contribution in [2.24, 2.45) is 0 Å². The van der Waals surface area contributed by atoms with Gasteiger partial charge in [-0.2, -0.15) is 5.10 Å². The van der Waals surface area contributed by atoms with Crippen molar-refractivity contribution in [3.05, 3.63) is 59.8 Å². The van der Waals surface area contributed by atoms with E-state index in [1.165, 1.54) is 0 Å². The lowest BCUT2D eigenvalue weighted by Gasteiger charge is -2.09. The minimum absolute atomic E-state index is 0.176. The highest BCUT2D eigenvalue weighted by Crippen LogP contribution is 2.36. The molecule has 0 radical (unpaired) electrons. The molecule has 0 fully saturated rings. The van der Waals surface area contributed by atoms with E-state index in [4.69, 9.17) is 0 Å². The van der Waals surface area contributed by atoms with Crippen molar-refractivity contribution in [3.63, 3.8) is 0 Å². The van der Waals surface area contributed by atoms with Crippen LogP contribution in [0.4, 0.5) is 11.5 Å². The van der Waals surface area contributed by atoms with Crippen molar-refractivity contribution in [2.45, 2.75) is 39.8 Å². The van der Waals surface area contributed by atoms with Gasteiger partial charge in [0.2, 0.25) is 0 Å². The van der Waals surface area contributed by atoms with Crippen LogP contribution in [0.3, 0.4) is 0 Å². The van der Waals surface area contributed by atoms with Crippen LogP contribution < -0.4 is 10.6 Å². The molecule has 1 atom stereocenters. The number of hydrogen-bond donors (Lipinski definition) is 3. The van der Waals surface area contributed by atoms with E-state index in [9.17, 15) is 9.90 Å². The van der Waals surface area contributed by atoms with Gasteiger partial charge < -0.3 is 15.7 Å². The number of nitrogens with one attached hydrogen (secondary N) is 2. The number of hydrogen-bond acceptors (Lipinski definition) is 6. The van der Waals surface area contributed by atoms with E-state index < -0.39 is 0 Å². The summed E-state index contributed by atoms with van der Waals surface area (Å²) in [5, 5.41) is 20.0. The zero-order valence-corrected chi connectivity index (χ0v) is 17.2. The van der Waals surface area contributed by atoms with Crippen LogP contribution in [-0.2, 0) is 11.3 Å². The third-order valence-corrected chi connectivity index (χ3v) is 5.07. The van der Waals surface area contributed by atoms with E-state index >= 15 is 0 Å². The summed E-state index contributed by atoms with van der Waals surface area (Å²) in [6.45, 7) is 6.24. The first-order chi connectivity index (χ1) is 14.4. The van der Waals surface area contributed by atoms with Crippen LogP contribution in [0.5, 0.6) is 0 Å². The monoisotopic (exact) mass is 404 g/mol. The molecule has 0 saturated heterocycles. The topological polar surface area (TPSA) is 105 Å². The van der Waals surface area contributed by atoms with Crippen LogP contribution in [0.1, 0.15) is 31.4 Å². The van der Waals surface area contributed by atoms with Gasteiger partial charge in [-0.05, 0) is 44.9 Å². The highest BCUT2D eigenvalue weighted by Gasteiger charge is 2.27. The Kier molecular flexibility index (Phi) is 5.33. The Morgan fingerprint density at radius 2 is 2.13 bits per heavy atom. The first kappa shape index (κ1) is 19.8. The molecule has 1 aliphatic heterocycles. The van der Waals surface area contributed by atoms with Crippen molar-refractivity contribution in [3.8, 4) is 11.3 Å². The Morgan fingerprint density at radius 3 is 2.90 bits per heavy atom. The number of carbonyl (C=O) groups is 1. The molecule has 0 unspecified atom stereocenters. The summed E-state index contributed by atoms with van der Waals surface area (Å²) in [6.07, 6.45) is 7.30. The van der Waals surface area contributed by atoms with Gasteiger partial charge in [0.15, 0.2) is 5.82 Å². The van der Waals surface area contributed by atoms with Gasteiger partial charge in [-0.3, -0.25) is 19.4 Å². The van der Waals surface area contributed by atoms with Crippen LogP contribution in [0.25, 0.3) is 16.8 Å². The van der Waals surface area contributed by atoms with Crippen molar-refractivity contribution < 1.29 is 9.90 Å². The molecule has 4 heterocycles. The lowest BCUT2D eigenvalue weighted by molar-refractivity contribution is -0.110. The fraction of sp³-hybridized carbons (Fsp3) is 0.273. The molecule has 30 heavy (non-hydrogen) atoms. The van der Waals surface area contributed by atoms with Gasteiger partial charge in [-0.1, -0.05) is 0 Å². The number of aromatic nitrogens is 4. The van der Waals surface area contributed by atoms with E-state index in [2.05, 4.69) is 25.7 Å². The Morgan fingerprint density at radius 1 is 1.30 bits per heavy atom. The maximum atomic E-state index is 12.7. The highest BCUT2D eigenvalue weighted by molar-refractivity contribution is 6.32. The quantitative estimate of drug-likeness (QED) is 0.545. The molecule has 8 heteroatoms. The first-order valence-electron chi connectivity index (χ1n) is 9.84. The number of pyridine rings is 2. The van der Waals surface area contributed by atoms with Crippen LogP contribution in [0, 0.1) is 6.92 Å². The van der Waals surface area contributed by atoms with Crippen molar-refractivity contribution in [1.82, 2.24) is 19.7 Å². The molecule has 4 rings (SSSR count). The Hall–Kier alpha value is -3.52. The second kappa shape index (κ2) is 8.08. The lowest BCUT2D eigenvalue weighted by atomic mass is 10.0. The fourth-order valence-corrected chi connectivity index (χ4v) is 3.45. The van der Waals surface area contributed by atoms with Crippen molar-refractivity contribution in [1.29, 1.82) is 0 Å². The normalized spacial score (nSPS) is 15.5. The van der Waals surface area contributed by atoms with Gasteiger partial charge >= 0.3 is 0 Å². The lowest BCUT2D eigenvalue weighted by Crippen LogP contribution is -2.10. The molecule has 0 bridgehead atoms. The van der Waals surface area contributed by atoms with Crippen molar-refractivity contribution in [2.75, 3.05) is 10.6 Å².